The third-order valence-corrected chi connectivity index (χ3v) is 5.63. The molecule has 3 rings (SSSR count). The zero-order valence-corrected chi connectivity index (χ0v) is 18.9. The third-order valence-electron chi connectivity index (χ3n) is 5.63. The molecule has 2 aromatic rings. The van der Waals surface area contributed by atoms with Gasteiger partial charge in [0.1, 0.15) is 31.0 Å². The second kappa shape index (κ2) is 11.0. The van der Waals surface area contributed by atoms with Crippen molar-refractivity contribution in [2.24, 2.45) is 0 Å². The molecule has 2 aromatic carbocycles. The molecule has 12 nitrogen and oxygen atoms in total. The molecule has 0 aliphatic carbocycles. The number of phenolic OH excluding ortho intramolecular Hbond substituents is 3. The number of benzene rings is 2. The molecule has 7 N–H and O–H groups in total. The van der Waals surface area contributed by atoms with Crippen molar-refractivity contribution < 1.29 is 59.5 Å². The van der Waals surface area contributed by atoms with Gasteiger partial charge in [-0.3, -0.25) is 0 Å². The van der Waals surface area contributed by atoms with Crippen LogP contribution in [0.15, 0.2) is 30.3 Å². The average Bonchev–Trinajstić information content (AvgIpc) is 2.85. The number of carbonyl (C=O) groups excluding carboxylic acids is 1. The van der Waals surface area contributed by atoms with Gasteiger partial charge in [0, 0.05) is 12.5 Å². The van der Waals surface area contributed by atoms with Crippen molar-refractivity contribution in [3.05, 3.63) is 41.5 Å². The van der Waals surface area contributed by atoms with Crippen LogP contribution >= 0.6 is 0 Å². The van der Waals surface area contributed by atoms with Crippen LogP contribution in [0.3, 0.4) is 0 Å². The molecule has 1 heterocycles. The summed E-state index contributed by atoms with van der Waals surface area (Å²) in [6.45, 7) is 1.14. The molecular weight excluding hydrogens is 468 g/mol. The fraction of sp³-hybridized carbons (Fsp3) is 0.435. The molecule has 6 atom stereocenters. The van der Waals surface area contributed by atoms with E-state index in [1.807, 2.05) is 6.92 Å². The maximum absolute atomic E-state index is 12.3. The number of methoxy groups -OCH3 is 1. The molecule has 1 saturated heterocycles. The average molecular weight is 496 g/mol. The highest BCUT2D eigenvalue weighted by Crippen LogP contribution is 2.36. The molecule has 1 aliphatic rings. The predicted molar refractivity (Wildman–Crippen MR) is 118 cm³/mol. The lowest BCUT2D eigenvalue weighted by Gasteiger charge is -2.40. The van der Waals surface area contributed by atoms with Gasteiger partial charge in [-0.1, -0.05) is 13.0 Å². The normalized spacial score (nSPS) is 25.0. The van der Waals surface area contributed by atoms with Crippen molar-refractivity contribution >= 4 is 5.97 Å². The molecule has 1 aliphatic heterocycles. The summed E-state index contributed by atoms with van der Waals surface area (Å²) in [4.78, 5) is 12.3. The Kier molecular flexibility index (Phi) is 8.25. The minimum atomic E-state index is -1.71. The summed E-state index contributed by atoms with van der Waals surface area (Å²) in [6.07, 6.45) is -7.81. The first-order valence-electron chi connectivity index (χ1n) is 10.6. The fourth-order valence-electron chi connectivity index (χ4n) is 3.43. The monoisotopic (exact) mass is 496 g/mol. The minimum Gasteiger partial charge on any atom is -0.504 e. The summed E-state index contributed by atoms with van der Waals surface area (Å²) in [7, 11) is 1.40. The number of carbonyl (C=O) groups is 1. The van der Waals surface area contributed by atoms with Crippen LogP contribution in [-0.4, -0.2) is 92.7 Å². The Labute approximate surface area is 200 Å². The molecule has 0 radical (unpaired) electrons. The number of ether oxygens (including phenoxy) is 4. The molecule has 0 spiro atoms. The summed E-state index contributed by atoms with van der Waals surface area (Å²) in [5, 5.41) is 68.7. The van der Waals surface area contributed by atoms with Crippen molar-refractivity contribution in [2.45, 2.75) is 43.5 Å². The molecule has 0 aromatic heterocycles. The second-order valence-corrected chi connectivity index (χ2v) is 8.09. The Morgan fingerprint density at radius 1 is 1.00 bits per heavy atom. The second-order valence-electron chi connectivity index (χ2n) is 8.09. The van der Waals surface area contributed by atoms with E-state index in [2.05, 4.69) is 0 Å². The van der Waals surface area contributed by atoms with Crippen molar-refractivity contribution in [1.29, 1.82) is 0 Å². The lowest BCUT2D eigenvalue weighted by atomic mass is 9.99. The van der Waals surface area contributed by atoms with Crippen LogP contribution in [0.2, 0.25) is 0 Å². The molecule has 0 bridgehead atoms. The first kappa shape index (κ1) is 26.3. The first-order valence-corrected chi connectivity index (χ1v) is 10.6. The summed E-state index contributed by atoms with van der Waals surface area (Å²) in [5.74, 6) is -3.06. The van der Waals surface area contributed by atoms with Crippen LogP contribution in [0.4, 0.5) is 0 Å². The highest BCUT2D eigenvalue weighted by molar-refractivity contribution is 5.91. The van der Waals surface area contributed by atoms with Crippen molar-refractivity contribution in [3.63, 3.8) is 0 Å². The summed E-state index contributed by atoms with van der Waals surface area (Å²) in [6, 6.07) is 6.59. The zero-order valence-electron chi connectivity index (χ0n) is 18.9. The zero-order chi connectivity index (χ0) is 25.9. The molecule has 192 valence electrons. The Morgan fingerprint density at radius 3 is 2.26 bits per heavy atom. The van der Waals surface area contributed by atoms with E-state index in [4.69, 9.17) is 18.9 Å². The van der Waals surface area contributed by atoms with Crippen LogP contribution in [0.1, 0.15) is 28.8 Å². The Hall–Kier alpha value is -3.29. The number of esters is 1. The van der Waals surface area contributed by atoms with Gasteiger partial charge in [-0.25, -0.2) is 4.79 Å². The van der Waals surface area contributed by atoms with Crippen molar-refractivity contribution in [1.82, 2.24) is 0 Å². The van der Waals surface area contributed by atoms with E-state index in [-0.39, 0.29) is 29.6 Å². The van der Waals surface area contributed by atoms with E-state index in [0.29, 0.717) is 0 Å². The van der Waals surface area contributed by atoms with Gasteiger partial charge in [0.15, 0.2) is 28.7 Å². The van der Waals surface area contributed by atoms with E-state index in [0.717, 1.165) is 17.7 Å². The van der Waals surface area contributed by atoms with Gasteiger partial charge in [-0.15, -0.1) is 0 Å². The minimum absolute atomic E-state index is 0.0817. The quantitative estimate of drug-likeness (QED) is 0.190. The molecule has 0 amide bonds. The molecule has 1 fully saturated rings. The molecule has 12 heteroatoms. The Morgan fingerprint density at radius 2 is 1.66 bits per heavy atom. The van der Waals surface area contributed by atoms with E-state index >= 15 is 0 Å². The van der Waals surface area contributed by atoms with Crippen molar-refractivity contribution in [3.8, 4) is 28.7 Å². The predicted octanol–water partition coefficient (Wildman–Crippen LogP) is -0.0488. The number of aliphatic hydroxyl groups excluding tert-OH is 4. The number of aliphatic hydroxyl groups is 4. The highest BCUT2D eigenvalue weighted by Gasteiger charge is 2.45. The van der Waals surface area contributed by atoms with Gasteiger partial charge in [0.2, 0.25) is 6.29 Å². The third kappa shape index (κ3) is 5.69. The molecular formula is C23H28O12. The molecule has 35 heavy (non-hydrogen) atoms. The van der Waals surface area contributed by atoms with Gasteiger partial charge < -0.3 is 54.7 Å². The van der Waals surface area contributed by atoms with Crippen LogP contribution in [0.5, 0.6) is 28.7 Å². The Balaban J connectivity index is 1.72. The van der Waals surface area contributed by atoms with Gasteiger partial charge in [-0.2, -0.15) is 0 Å². The highest BCUT2D eigenvalue weighted by atomic mass is 16.7. The van der Waals surface area contributed by atoms with E-state index in [9.17, 15) is 40.5 Å². The number of phenols is 3. The topological polar surface area (TPSA) is 196 Å². The van der Waals surface area contributed by atoms with Gasteiger partial charge in [-0.05, 0) is 29.8 Å². The smallest absolute Gasteiger partial charge is 0.338 e. The number of hydrogen-bond donors (Lipinski definition) is 7. The van der Waals surface area contributed by atoms with Gasteiger partial charge in [0.05, 0.1) is 12.7 Å². The lowest BCUT2D eigenvalue weighted by Crippen LogP contribution is -2.60. The van der Waals surface area contributed by atoms with Gasteiger partial charge in [0.25, 0.3) is 0 Å². The maximum Gasteiger partial charge on any atom is 0.338 e. The fourth-order valence-corrected chi connectivity index (χ4v) is 3.43. The van der Waals surface area contributed by atoms with E-state index in [1.54, 1.807) is 12.1 Å². The lowest BCUT2D eigenvalue weighted by molar-refractivity contribution is -0.277. The van der Waals surface area contributed by atoms with Gasteiger partial charge >= 0.3 is 5.97 Å². The first-order chi connectivity index (χ1) is 16.6. The van der Waals surface area contributed by atoms with E-state index < -0.39 is 60.5 Å². The largest absolute Gasteiger partial charge is 0.504 e. The van der Waals surface area contributed by atoms with Crippen molar-refractivity contribution in [2.75, 3.05) is 20.3 Å². The molecule has 0 saturated carbocycles. The number of aromatic hydroxyl groups is 3. The standard InChI is InChI=1S/C23H28O12/c1-10(8-24)11-3-4-15(16(7-11)32-2)34-23-21(30)20(29)19(28)17(35-23)9-33-22(31)12-5-13(25)18(27)14(26)6-12/h3-7,10,17,19-21,23-30H,8-9H2,1-2H3. The Bertz CT molecular complexity index is 1020. The van der Waals surface area contributed by atoms with E-state index in [1.165, 1.54) is 13.2 Å². The maximum atomic E-state index is 12.3. The summed E-state index contributed by atoms with van der Waals surface area (Å²) >= 11 is 0. The summed E-state index contributed by atoms with van der Waals surface area (Å²) < 4.78 is 21.6. The summed E-state index contributed by atoms with van der Waals surface area (Å²) in [5.41, 5.74) is 0.478. The van der Waals surface area contributed by atoms with Crippen LogP contribution in [0, 0.1) is 0 Å². The van der Waals surface area contributed by atoms with Crippen LogP contribution in [0.25, 0.3) is 0 Å². The number of hydrogen-bond acceptors (Lipinski definition) is 12. The number of rotatable bonds is 8. The SMILES string of the molecule is COc1cc(C(C)CO)ccc1OC1OC(COC(=O)c2cc(O)c(O)c(O)c2)C(O)C(O)C1O. The van der Waals surface area contributed by atoms with Crippen LogP contribution in [-0.2, 0) is 9.47 Å². The molecule has 6 unspecified atom stereocenters. The van der Waals surface area contributed by atoms with Crippen LogP contribution < -0.4 is 9.47 Å².